The molecule has 9 nitrogen and oxygen atoms in total. The fourth-order valence-corrected chi connectivity index (χ4v) is 2.26. The second-order valence-corrected chi connectivity index (χ2v) is 5.19. The predicted molar refractivity (Wildman–Crippen MR) is 71.9 cm³/mol. The van der Waals surface area contributed by atoms with Gasteiger partial charge in [0.15, 0.2) is 0 Å². The number of carboxylic acid groups (broad SMARTS) is 1. The zero-order chi connectivity index (χ0) is 16.2. The molecule has 3 atom stereocenters. The van der Waals surface area contributed by atoms with E-state index in [4.69, 9.17) is 16.6 Å². The third kappa shape index (κ3) is 4.62. The Morgan fingerprint density at radius 3 is 2.38 bits per heavy atom. The maximum absolute atomic E-state index is 12.1. The Balaban J connectivity index is 2.73. The number of nitrogens with two attached hydrogens (primary N) is 2. The molecule has 0 bridgehead atoms. The highest BCUT2D eigenvalue weighted by molar-refractivity contribution is 5.88. The Hall–Kier alpha value is -2.32. The Bertz CT molecular complexity index is 453. The number of likely N-dealkylation sites (tertiary alicyclic amines) is 1. The molecule has 0 aliphatic carbocycles. The smallest absolute Gasteiger partial charge is 0.326 e. The van der Waals surface area contributed by atoms with Crippen LogP contribution in [-0.2, 0) is 14.4 Å². The number of hydrogen-bond acceptors (Lipinski definition) is 4. The molecule has 9 heteroatoms. The lowest BCUT2D eigenvalue weighted by Crippen LogP contribution is -2.55. The molecule has 2 unspecified atom stereocenters. The molecule has 4 amide bonds. The van der Waals surface area contributed by atoms with Crippen molar-refractivity contribution in [3.05, 3.63) is 0 Å². The van der Waals surface area contributed by atoms with Crippen molar-refractivity contribution in [2.75, 3.05) is 6.54 Å². The van der Waals surface area contributed by atoms with E-state index in [1.807, 2.05) is 0 Å². The van der Waals surface area contributed by atoms with Gasteiger partial charge in [-0.05, 0) is 19.8 Å². The quantitative estimate of drug-likeness (QED) is 0.492. The summed E-state index contributed by atoms with van der Waals surface area (Å²) in [5.74, 6) is -3.12. The molecule has 0 spiro atoms. The molecule has 1 aliphatic rings. The third-order valence-corrected chi connectivity index (χ3v) is 3.55. The third-order valence-electron chi connectivity index (χ3n) is 3.55. The fraction of sp³-hybridized carbons (Fsp3) is 0.667. The summed E-state index contributed by atoms with van der Waals surface area (Å²) in [6.45, 7) is 1.92. The molecule has 0 radical (unpaired) electrons. The van der Waals surface area contributed by atoms with Crippen molar-refractivity contribution in [1.82, 2.24) is 10.2 Å². The van der Waals surface area contributed by atoms with Gasteiger partial charge in [0, 0.05) is 12.6 Å². The molecule has 1 rings (SSSR count). The van der Waals surface area contributed by atoms with E-state index >= 15 is 0 Å². The van der Waals surface area contributed by atoms with Gasteiger partial charge in [0.05, 0.1) is 12.3 Å². The minimum atomic E-state index is -1.39. The maximum Gasteiger partial charge on any atom is 0.326 e. The van der Waals surface area contributed by atoms with E-state index < -0.39 is 42.2 Å². The summed E-state index contributed by atoms with van der Waals surface area (Å²) in [6, 6.07) is -2.19. The molecule has 1 fully saturated rings. The lowest BCUT2D eigenvalue weighted by molar-refractivity contribution is -0.141. The van der Waals surface area contributed by atoms with Crippen LogP contribution < -0.4 is 16.8 Å². The topological polar surface area (TPSA) is 156 Å². The molecule has 0 saturated carbocycles. The zero-order valence-electron chi connectivity index (χ0n) is 11.7. The Labute approximate surface area is 121 Å². The first-order valence-corrected chi connectivity index (χ1v) is 6.60. The Morgan fingerprint density at radius 1 is 1.29 bits per heavy atom. The maximum atomic E-state index is 12.1. The summed E-state index contributed by atoms with van der Waals surface area (Å²) in [7, 11) is 0. The number of primary amides is 2. The number of aliphatic carboxylic acids is 1. The van der Waals surface area contributed by atoms with Gasteiger partial charge >= 0.3 is 12.0 Å². The zero-order valence-corrected chi connectivity index (χ0v) is 11.7. The highest BCUT2D eigenvalue weighted by Gasteiger charge is 2.33. The van der Waals surface area contributed by atoms with Gasteiger partial charge in [-0.1, -0.05) is 0 Å². The summed E-state index contributed by atoms with van der Waals surface area (Å²) < 4.78 is 0. The molecule has 0 aromatic carbocycles. The van der Waals surface area contributed by atoms with Crippen LogP contribution in [0.3, 0.4) is 0 Å². The van der Waals surface area contributed by atoms with Crippen LogP contribution in [0.2, 0.25) is 0 Å². The van der Waals surface area contributed by atoms with E-state index in [2.05, 4.69) is 5.32 Å². The molecule has 1 aliphatic heterocycles. The first-order chi connectivity index (χ1) is 9.72. The highest BCUT2D eigenvalue weighted by atomic mass is 16.4. The number of carboxylic acids is 1. The van der Waals surface area contributed by atoms with Gasteiger partial charge in [-0.2, -0.15) is 0 Å². The number of amides is 4. The van der Waals surface area contributed by atoms with Crippen molar-refractivity contribution in [2.45, 2.75) is 38.3 Å². The van der Waals surface area contributed by atoms with Crippen molar-refractivity contribution >= 4 is 23.8 Å². The van der Waals surface area contributed by atoms with Crippen LogP contribution in [0.15, 0.2) is 0 Å². The Morgan fingerprint density at radius 2 is 1.90 bits per heavy atom. The van der Waals surface area contributed by atoms with Crippen molar-refractivity contribution < 1.29 is 24.3 Å². The van der Waals surface area contributed by atoms with Crippen LogP contribution in [0, 0.1) is 5.92 Å². The first-order valence-electron chi connectivity index (χ1n) is 6.60. The highest BCUT2D eigenvalue weighted by Crippen LogP contribution is 2.21. The fourth-order valence-electron chi connectivity index (χ4n) is 2.26. The van der Waals surface area contributed by atoms with Crippen LogP contribution >= 0.6 is 0 Å². The van der Waals surface area contributed by atoms with E-state index in [1.54, 1.807) is 6.92 Å². The van der Waals surface area contributed by atoms with Gasteiger partial charge in [0.2, 0.25) is 11.8 Å². The van der Waals surface area contributed by atoms with Crippen molar-refractivity contribution in [3.63, 3.8) is 0 Å². The lowest BCUT2D eigenvalue weighted by atomic mass is 9.93. The van der Waals surface area contributed by atoms with Gasteiger partial charge < -0.3 is 26.8 Å². The van der Waals surface area contributed by atoms with Gasteiger partial charge in [0.1, 0.15) is 6.04 Å². The number of piperidine rings is 1. The number of carbonyl (C=O) groups is 4. The summed E-state index contributed by atoms with van der Waals surface area (Å²) >= 11 is 0. The number of nitrogens with one attached hydrogen (secondary N) is 1. The summed E-state index contributed by atoms with van der Waals surface area (Å²) in [4.78, 5) is 46.5. The van der Waals surface area contributed by atoms with E-state index in [9.17, 15) is 19.2 Å². The molecule has 0 aromatic rings. The standard InChI is InChI=1S/C12H20N4O5/c1-6-2-3-7(10(14)18)5-16(6)12(21)15-8(11(19)20)4-9(13)17/h6-8H,2-5H2,1H3,(H2,13,17)(H2,14,18)(H,15,21)(H,19,20)/t6?,7?,8-/m0/s1. The molecule has 0 aromatic heterocycles. The molecule has 6 N–H and O–H groups in total. The normalized spacial score (nSPS) is 23.2. The van der Waals surface area contributed by atoms with Crippen molar-refractivity contribution in [3.8, 4) is 0 Å². The second-order valence-electron chi connectivity index (χ2n) is 5.19. The Kier molecular flexibility index (Phi) is 5.51. The minimum Gasteiger partial charge on any atom is -0.480 e. The molecule has 1 saturated heterocycles. The average Bonchev–Trinajstić information content (AvgIpc) is 2.37. The van der Waals surface area contributed by atoms with E-state index in [-0.39, 0.29) is 12.6 Å². The number of urea groups is 1. The SMILES string of the molecule is CC1CCC(C(N)=O)CN1C(=O)N[C@@H](CC(N)=O)C(=O)O. The van der Waals surface area contributed by atoms with Crippen LogP contribution in [-0.4, -0.2) is 52.4 Å². The molecular formula is C12H20N4O5. The van der Waals surface area contributed by atoms with Gasteiger partial charge in [0.25, 0.3) is 0 Å². The number of hydrogen-bond donors (Lipinski definition) is 4. The lowest BCUT2D eigenvalue weighted by Gasteiger charge is -2.37. The summed E-state index contributed by atoms with van der Waals surface area (Å²) in [5.41, 5.74) is 10.2. The van der Waals surface area contributed by atoms with Crippen LogP contribution in [0.5, 0.6) is 0 Å². The van der Waals surface area contributed by atoms with E-state index in [0.29, 0.717) is 12.8 Å². The molecule has 1 heterocycles. The molecule has 118 valence electrons. The average molecular weight is 300 g/mol. The summed E-state index contributed by atoms with van der Waals surface area (Å²) in [6.07, 6.45) is 0.682. The number of rotatable bonds is 5. The monoisotopic (exact) mass is 300 g/mol. The van der Waals surface area contributed by atoms with Crippen LogP contribution in [0.4, 0.5) is 4.79 Å². The largest absolute Gasteiger partial charge is 0.480 e. The van der Waals surface area contributed by atoms with Crippen LogP contribution in [0.25, 0.3) is 0 Å². The summed E-state index contributed by atoms with van der Waals surface area (Å²) in [5, 5.41) is 11.2. The minimum absolute atomic E-state index is 0.130. The van der Waals surface area contributed by atoms with Gasteiger partial charge in [-0.3, -0.25) is 9.59 Å². The predicted octanol–water partition coefficient (Wildman–Crippen LogP) is -1.39. The molecule has 21 heavy (non-hydrogen) atoms. The van der Waals surface area contributed by atoms with Gasteiger partial charge in [-0.25, -0.2) is 9.59 Å². The second kappa shape index (κ2) is 6.91. The van der Waals surface area contributed by atoms with Crippen molar-refractivity contribution in [2.24, 2.45) is 17.4 Å². The van der Waals surface area contributed by atoms with Gasteiger partial charge in [-0.15, -0.1) is 0 Å². The first kappa shape index (κ1) is 16.7. The van der Waals surface area contributed by atoms with E-state index in [0.717, 1.165) is 0 Å². The van der Waals surface area contributed by atoms with Crippen LogP contribution in [0.1, 0.15) is 26.2 Å². The van der Waals surface area contributed by atoms with Crippen molar-refractivity contribution in [1.29, 1.82) is 0 Å². The molecular weight excluding hydrogens is 280 g/mol. The number of nitrogens with zero attached hydrogens (tertiary/aromatic N) is 1. The van der Waals surface area contributed by atoms with E-state index in [1.165, 1.54) is 4.90 Å². The number of carbonyl (C=O) groups excluding carboxylic acids is 3.